The molecule has 1 aromatic rings. The zero-order chi connectivity index (χ0) is 22.1. The number of carbonyl (C=O) groups excluding carboxylic acids is 2. The van der Waals surface area contributed by atoms with E-state index in [1.165, 1.54) is 49.8 Å². The van der Waals surface area contributed by atoms with Gasteiger partial charge in [-0.2, -0.15) is 0 Å². The summed E-state index contributed by atoms with van der Waals surface area (Å²) in [6.07, 6.45) is 12.8. The molecule has 170 valence electrons. The molecular formula is C26H38N2O3. The largest absolute Gasteiger partial charge is 0.496 e. The Labute approximate surface area is 187 Å². The Morgan fingerprint density at radius 2 is 1.48 bits per heavy atom. The summed E-state index contributed by atoms with van der Waals surface area (Å²) in [5.41, 5.74) is 1.82. The lowest BCUT2D eigenvalue weighted by atomic mass is 10.0. The van der Waals surface area contributed by atoms with Crippen molar-refractivity contribution in [3.05, 3.63) is 35.5 Å². The van der Waals surface area contributed by atoms with Crippen LogP contribution in [0.15, 0.2) is 30.0 Å². The van der Waals surface area contributed by atoms with Gasteiger partial charge >= 0.3 is 0 Å². The predicted octanol–water partition coefficient (Wildman–Crippen LogP) is 5.40. The molecule has 1 aromatic carbocycles. The third-order valence-corrected chi connectivity index (χ3v) is 6.43. The average Bonchev–Trinajstić information content (AvgIpc) is 3.05. The van der Waals surface area contributed by atoms with Crippen molar-refractivity contribution in [3.8, 4) is 5.75 Å². The molecule has 0 atom stereocenters. The predicted molar refractivity (Wildman–Crippen MR) is 125 cm³/mol. The molecule has 2 aliphatic rings. The Kier molecular flexibility index (Phi) is 8.98. The van der Waals surface area contributed by atoms with Gasteiger partial charge in [0.05, 0.1) is 12.7 Å². The molecule has 1 fully saturated rings. The Morgan fingerprint density at radius 3 is 2.16 bits per heavy atom. The summed E-state index contributed by atoms with van der Waals surface area (Å²) < 4.78 is 5.53. The molecule has 0 saturated carbocycles. The zero-order valence-corrected chi connectivity index (χ0v) is 19.3. The third kappa shape index (κ3) is 5.69. The maximum absolute atomic E-state index is 13.4. The number of hydrogen-bond acceptors (Lipinski definition) is 4. The van der Waals surface area contributed by atoms with Gasteiger partial charge in [-0.25, -0.2) is 0 Å². The SMILES string of the molecule is CCCCCCCCCCN1C(=O)C(c2ccccc2OC)=C(N2CCCCC2)C1=O. The maximum atomic E-state index is 13.4. The van der Waals surface area contributed by atoms with Crippen LogP contribution in [0.2, 0.25) is 0 Å². The van der Waals surface area contributed by atoms with Crippen LogP contribution < -0.4 is 4.74 Å². The highest BCUT2D eigenvalue weighted by molar-refractivity contribution is 6.36. The van der Waals surface area contributed by atoms with Gasteiger partial charge in [0.15, 0.2) is 0 Å². The number of amides is 2. The summed E-state index contributed by atoms with van der Waals surface area (Å²) in [6.45, 7) is 4.40. The Morgan fingerprint density at radius 1 is 0.839 bits per heavy atom. The van der Waals surface area contributed by atoms with Crippen LogP contribution in [0.1, 0.15) is 83.1 Å². The minimum atomic E-state index is -0.169. The van der Waals surface area contributed by atoms with E-state index in [0.29, 0.717) is 23.6 Å². The molecule has 0 aromatic heterocycles. The number of imide groups is 1. The van der Waals surface area contributed by atoms with E-state index in [0.717, 1.165) is 44.3 Å². The molecule has 2 heterocycles. The minimum absolute atomic E-state index is 0.129. The summed E-state index contributed by atoms with van der Waals surface area (Å²) in [6, 6.07) is 7.54. The Balaban J connectivity index is 1.71. The van der Waals surface area contributed by atoms with Gasteiger partial charge in [0, 0.05) is 25.2 Å². The number of hydrogen-bond donors (Lipinski definition) is 0. The Hall–Kier alpha value is -2.30. The highest BCUT2D eigenvalue weighted by Gasteiger charge is 2.42. The molecule has 0 aliphatic carbocycles. The van der Waals surface area contributed by atoms with E-state index in [2.05, 4.69) is 11.8 Å². The van der Waals surface area contributed by atoms with Crippen molar-refractivity contribution in [2.24, 2.45) is 0 Å². The first-order valence-electron chi connectivity index (χ1n) is 12.2. The van der Waals surface area contributed by atoms with Crippen LogP contribution in [0.5, 0.6) is 5.75 Å². The number of piperidine rings is 1. The number of ether oxygens (including phenoxy) is 1. The number of methoxy groups -OCH3 is 1. The van der Waals surface area contributed by atoms with E-state index in [4.69, 9.17) is 4.74 Å². The standard InChI is InChI=1S/C26H38N2O3/c1-3-4-5-6-7-8-9-15-20-28-25(29)23(21-16-11-12-17-22(21)31-2)24(26(28)30)27-18-13-10-14-19-27/h11-12,16-17H,3-10,13-15,18-20H2,1-2H3. The van der Waals surface area contributed by atoms with Crippen LogP contribution in [0.3, 0.4) is 0 Å². The van der Waals surface area contributed by atoms with E-state index in [9.17, 15) is 9.59 Å². The van der Waals surface area contributed by atoms with Crippen LogP contribution in [0.25, 0.3) is 5.57 Å². The average molecular weight is 427 g/mol. The third-order valence-electron chi connectivity index (χ3n) is 6.43. The van der Waals surface area contributed by atoms with E-state index in [1.54, 1.807) is 7.11 Å². The quantitative estimate of drug-likeness (QED) is 0.332. The summed E-state index contributed by atoms with van der Waals surface area (Å²) in [5.74, 6) is 0.343. The van der Waals surface area contributed by atoms with Gasteiger partial charge in [-0.3, -0.25) is 14.5 Å². The van der Waals surface area contributed by atoms with E-state index >= 15 is 0 Å². The molecular weight excluding hydrogens is 388 g/mol. The van der Waals surface area contributed by atoms with Crippen LogP contribution in [-0.4, -0.2) is 48.4 Å². The van der Waals surface area contributed by atoms with Crippen LogP contribution >= 0.6 is 0 Å². The topological polar surface area (TPSA) is 49.9 Å². The van der Waals surface area contributed by atoms with Crippen molar-refractivity contribution in [1.29, 1.82) is 0 Å². The number of carbonyl (C=O) groups is 2. The van der Waals surface area contributed by atoms with Crippen LogP contribution in [-0.2, 0) is 9.59 Å². The van der Waals surface area contributed by atoms with E-state index < -0.39 is 0 Å². The van der Waals surface area contributed by atoms with Gasteiger partial charge in [-0.1, -0.05) is 70.1 Å². The van der Waals surface area contributed by atoms with Crippen molar-refractivity contribution < 1.29 is 14.3 Å². The molecule has 2 aliphatic heterocycles. The van der Waals surface area contributed by atoms with Crippen molar-refractivity contribution >= 4 is 17.4 Å². The molecule has 5 heteroatoms. The lowest BCUT2D eigenvalue weighted by molar-refractivity contribution is -0.137. The molecule has 3 rings (SSSR count). The highest BCUT2D eigenvalue weighted by Crippen LogP contribution is 2.37. The fourth-order valence-corrected chi connectivity index (χ4v) is 4.67. The first-order chi connectivity index (χ1) is 15.2. The van der Waals surface area contributed by atoms with Gasteiger partial charge in [0.1, 0.15) is 11.4 Å². The van der Waals surface area contributed by atoms with Gasteiger partial charge in [-0.15, -0.1) is 0 Å². The summed E-state index contributed by atoms with van der Waals surface area (Å²) in [5, 5.41) is 0. The zero-order valence-electron chi connectivity index (χ0n) is 19.3. The normalized spacial score (nSPS) is 17.1. The molecule has 0 radical (unpaired) electrons. The minimum Gasteiger partial charge on any atom is -0.496 e. The molecule has 0 N–H and O–H groups in total. The van der Waals surface area contributed by atoms with Gasteiger partial charge < -0.3 is 9.64 Å². The molecule has 0 unspecified atom stereocenters. The number of likely N-dealkylation sites (tertiary alicyclic amines) is 1. The Bertz CT molecular complexity index is 781. The van der Waals surface area contributed by atoms with Crippen LogP contribution in [0, 0.1) is 0 Å². The smallest absolute Gasteiger partial charge is 0.277 e. The second-order valence-electron chi connectivity index (χ2n) is 8.71. The van der Waals surface area contributed by atoms with Crippen molar-refractivity contribution in [2.45, 2.75) is 77.6 Å². The summed E-state index contributed by atoms with van der Waals surface area (Å²) in [4.78, 5) is 30.4. The van der Waals surface area contributed by atoms with E-state index in [-0.39, 0.29) is 11.8 Å². The van der Waals surface area contributed by atoms with Gasteiger partial charge in [0.2, 0.25) is 0 Å². The molecule has 31 heavy (non-hydrogen) atoms. The van der Waals surface area contributed by atoms with Crippen LogP contribution in [0.4, 0.5) is 0 Å². The van der Waals surface area contributed by atoms with Crippen molar-refractivity contribution in [2.75, 3.05) is 26.7 Å². The van der Waals surface area contributed by atoms with Gasteiger partial charge in [-0.05, 0) is 31.7 Å². The maximum Gasteiger partial charge on any atom is 0.277 e. The lowest BCUT2D eigenvalue weighted by Crippen LogP contribution is -2.37. The second kappa shape index (κ2) is 11.9. The van der Waals surface area contributed by atoms with E-state index in [1.807, 2.05) is 24.3 Å². The lowest BCUT2D eigenvalue weighted by Gasteiger charge is -2.29. The fraction of sp³-hybridized carbons (Fsp3) is 0.615. The number of unbranched alkanes of at least 4 members (excludes halogenated alkanes) is 7. The highest BCUT2D eigenvalue weighted by atomic mass is 16.5. The first kappa shape index (κ1) is 23.4. The summed E-state index contributed by atoms with van der Waals surface area (Å²) in [7, 11) is 1.61. The second-order valence-corrected chi connectivity index (χ2v) is 8.71. The van der Waals surface area contributed by atoms with Gasteiger partial charge in [0.25, 0.3) is 11.8 Å². The molecule has 1 saturated heterocycles. The number of benzene rings is 1. The summed E-state index contributed by atoms with van der Waals surface area (Å²) >= 11 is 0. The monoisotopic (exact) mass is 426 g/mol. The number of nitrogens with zero attached hydrogens (tertiary/aromatic N) is 2. The number of para-hydroxylation sites is 1. The van der Waals surface area contributed by atoms with Crippen molar-refractivity contribution in [3.63, 3.8) is 0 Å². The number of rotatable bonds is 12. The molecule has 2 amide bonds. The molecule has 0 spiro atoms. The fourth-order valence-electron chi connectivity index (χ4n) is 4.67. The molecule has 5 nitrogen and oxygen atoms in total. The van der Waals surface area contributed by atoms with Crippen molar-refractivity contribution in [1.82, 2.24) is 9.80 Å². The molecule has 0 bridgehead atoms. The first-order valence-corrected chi connectivity index (χ1v) is 12.2.